The molecule has 0 heterocycles. The summed E-state index contributed by atoms with van der Waals surface area (Å²) in [6.45, 7) is 11.2. The molecular weight excluding hydrogens is 260 g/mol. The first-order chi connectivity index (χ1) is 9.37. The van der Waals surface area contributed by atoms with E-state index < -0.39 is 13.7 Å². The molecule has 1 atom stereocenters. The Morgan fingerprint density at radius 1 is 1.10 bits per heavy atom. The fourth-order valence-corrected chi connectivity index (χ4v) is 4.93. The largest absolute Gasteiger partial charge is 0.381 e. The van der Waals surface area contributed by atoms with Crippen LogP contribution in [0.4, 0.5) is 0 Å². The molecule has 1 aliphatic carbocycles. The maximum atomic E-state index is 11.6. The molecule has 1 aromatic carbocycles. The third-order valence-corrected chi connectivity index (χ3v) is 6.97. The maximum absolute atomic E-state index is 11.6. The second-order valence-electron chi connectivity index (χ2n) is 7.20. The van der Waals surface area contributed by atoms with E-state index in [0.717, 1.165) is 23.6 Å². The highest BCUT2D eigenvalue weighted by Crippen LogP contribution is 2.46. The summed E-state index contributed by atoms with van der Waals surface area (Å²) in [5.41, 5.74) is 0.214. The third-order valence-electron chi connectivity index (χ3n) is 4.78. The fourth-order valence-electron chi connectivity index (χ4n) is 3.44. The predicted molar refractivity (Wildman–Crippen MR) is 89.4 cm³/mol. The van der Waals surface area contributed by atoms with Crippen molar-refractivity contribution in [1.29, 1.82) is 0 Å². The molecule has 110 valence electrons. The lowest BCUT2D eigenvalue weighted by atomic mass is 9.73. The summed E-state index contributed by atoms with van der Waals surface area (Å²) in [7, 11) is -1.61. The van der Waals surface area contributed by atoms with Gasteiger partial charge in [0.25, 0.3) is 0 Å². The van der Waals surface area contributed by atoms with E-state index in [9.17, 15) is 5.11 Å². The zero-order chi connectivity index (χ0) is 14.8. The monoisotopic (exact) mass is 288 g/mol. The third kappa shape index (κ3) is 2.91. The number of hydrogen-bond donors (Lipinski definition) is 1. The zero-order valence-corrected chi connectivity index (χ0v) is 14.2. The predicted octanol–water partition coefficient (Wildman–Crippen LogP) is 4.89. The first-order valence-corrected chi connectivity index (χ1v) is 11.3. The molecule has 1 unspecified atom stereocenters. The van der Waals surface area contributed by atoms with Crippen LogP contribution in [0.15, 0.2) is 42.1 Å². The van der Waals surface area contributed by atoms with Crippen LogP contribution in [0.2, 0.25) is 19.6 Å². The Kier molecular flexibility index (Phi) is 4.55. The van der Waals surface area contributed by atoms with Crippen molar-refractivity contribution < 1.29 is 5.11 Å². The molecule has 20 heavy (non-hydrogen) atoms. The molecule has 1 fully saturated rings. The molecule has 0 saturated heterocycles. The molecule has 1 aliphatic rings. The van der Waals surface area contributed by atoms with E-state index in [0.29, 0.717) is 5.92 Å². The van der Waals surface area contributed by atoms with Gasteiger partial charge in [-0.1, -0.05) is 74.4 Å². The van der Waals surface area contributed by atoms with Crippen LogP contribution in [0.1, 0.15) is 37.7 Å². The van der Waals surface area contributed by atoms with Crippen LogP contribution in [-0.4, -0.2) is 13.2 Å². The van der Waals surface area contributed by atoms with Crippen molar-refractivity contribution in [2.75, 3.05) is 0 Å². The lowest BCUT2D eigenvalue weighted by Crippen LogP contribution is -2.46. The van der Waals surface area contributed by atoms with Gasteiger partial charge in [0.2, 0.25) is 0 Å². The minimum absolute atomic E-state index is 0.331. The molecule has 1 saturated carbocycles. The quantitative estimate of drug-likeness (QED) is 0.782. The Bertz CT molecular complexity index is 454. The minimum atomic E-state index is -1.61. The molecule has 0 bridgehead atoms. The number of aliphatic hydroxyl groups is 1. The summed E-state index contributed by atoms with van der Waals surface area (Å²) in [6.07, 6.45) is 6.02. The van der Waals surface area contributed by atoms with Gasteiger partial charge >= 0.3 is 0 Å². The minimum Gasteiger partial charge on any atom is -0.381 e. The highest BCUT2D eigenvalue weighted by atomic mass is 28.3. The Hall–Kier alpha value is -0.863. The smallest absolute Gasteiger partial charge is 0.110 e. The van der Waals surface area contributed by atoms with E-state index in [1.54, 1.807) is 0 Å². The lowest BCUT2D eigenvalue weighted by Gasteiger charge is -2.44. The molecule has 0 aliphatic heterocycles. The molecule has 2 rings (SSSR count). The molecule has 0 radical (unpaired) electrons. The summed E-state index contributed by atoms with van der Waals surface area (Å²) < 4.78 is 0. The van der Waals surface area contributed by atoms with E-state index in [4.69, 9.17) is 0 Å². The molecule has 0 aromatic heterocycles. The van der Waals surface area contributed by atoms with Gasteiger partial charge in [0.15, 0.2) is 0 Å². The molecule has 1 aromatic rings. The summed E-state index contributed by atoms with van der Waals surface area (Å²) in [4.78, 5) is 0. The maximum Gasteiger partial charge on any atom is 0.110 e. The molecule has 0 amide bonds. The van der Waals surface area contributed by atoms with Gasteiger partial charge in [0.1, 0.15) is 5.60 Å². The van der Waals surface area contributed by atoms with Crippen LogP contribution in [0.5, 0.6) is 0 Å². The lowest BCUT2D eigenvalue weighted by molar-refractivity contribution is 0.00138. The normalized spacial score (nSPS) is 20.4. The van der Waals surface area contributed by atoms with E-state index in [1.807, 2.05) is 18.2 Å². The highest BCUT2D eigenvalue weighted by Gasteiger charge is 2.45. The summed E-state index contributed by atoms with van der Waals surface area (Å²) in [5, 5.41) is 12.7. The SMILES string of the molecule is C=C(C(O)(c1ccccc1)C1CCCCC1)[Si](C)(C)C. The Balaban J connectivity index is 2.45. The highest BCUT2D eigenvalue weighted by molar-refractivity contribution is 6.83. The van der Waals surface area contributed by atoms with Crippen LogP contribution < -0.4 is 0 Å². The van der Waals surface area contributed by atoms with Crippen molar-refractivity contribution >= 4 is 8.07 Å². The number of hydrogen-bond acceptors (Lipinski definition) is 1. The average Bonchev–Trinajstić information content (AvgIpc) is 2.46. The van der Waals surface area contributed by atoms with Gasteiger partial charge < -0.3 is 5.11 Å². The summed E-state index contributed by atoms with van der Waals surface area (Å²) in [5.74, 6) is 0.331. The molecule has 2 heteroatoms. The standard InChI is InChI=1S/C18H28OSi/c1-15(20(2,3)4)18(19,16-11-7-5-8-12-16)17-13-9-6-10-14-17/h5,7-8,11-12,17,19H,1,6,9-10,13-14H2,2-4H3. The van der Waals surface area contributed by atoms with Crippen LogP contribution >= 0.6 is 0 Å². The van der Waals surface area contributed by atoms with Gasteiger partial charge in [-0.05, 0) is 24.3 Å². The molecular formula is C18H28OSi. The second kappa shape index (κ2) is 5.86. The Morgan fingerprint density at radius 2 is 1.65 bits per heavy atom. The van der Waals surface area contributed by atoms with Crippen LogP contribution in [-0.2, 0) is 5.60 Å². The molecule has 1 nitrogen and oxygen atoms in total. The van der Waals surface area contributed by atoms with Gasteiger partial charge in [-0.2, -0.15) is 0 Å². The van der Waals surface area contributed by atoms with Crippen molar-refractivity contribution in [3.05, 3.63) is 47.7 Å². The topological polar surface area (TPSA) is 20.2 Å². The summed E-state index contributed by atoms with van der Waals surface area (Å²) in [6, 6.07) is 10.2. The second-order valence-corrected chi connectivity index (χ2v) is 12.3. The van der Waals surface area contributed by atoms with E-state index in [1.165, 1.54) is 19.3 Å². The molecule has 0 spiro atoms. The average molecular weight is 289 g/mol. The van der Waals surface area contributed by atoms with Crippen molar-refractivity contribution in [1.82, 2.24) is 0 Å². The van der Waals surface area contributed by atoms with Gasteiger partial charge in [-0.25, -0.2) is 0 Å². The fraction of sp³-hybridized carbons (Fsp3) is 0.556. The summed E-state index contributed by atoms with van der Waals surface area (Å²) >= 11 is 0. The van der Waals surface area contributed by atoms with E-state index in [-0.39, 0.29) is 0 Å². The van der Waals surface area contributed by atoms with Crippen LogP contribution in [0.25, 0.3) is 0 Å². The van der Waals surface area contributed by atoms with Crippen molar-refractivity contribution in [3.8, 4) is 0 Å². The van der Waals surface area contributed by atoms with Gasteiger partial charge in [0.05, 0.1) is 8.07 Å². The van der Waals surface area contributed by atoms with Gasteiger partial charge in [-0.3, -0.25) is 0 Å². The van der Waals surface area contributed by atoms with Crippen molar-refractivity contribution in [2.24, 2.45) is 5.92 Å². The zero-order valence-electron chi connectivity index (χ0n) is 13.2. The molecule has 1 N–H and O–H groups in total. The van der Waals surface area contributed by atoms with Gasteiger partial charge in [0, 0.05) is 0 Å². The first-order valence-electron chi connectivity index (χ1n) is 7.84. The van der Waals surface area contributed by atoms with E-state index >= 15 is 0 Å². The Morgan fingerprint density at radius 3 is 2.15 bits per heavy atom. The Labute approximate surface area is 124 Å². The van der Waals surface area contributed by atoms with Crippen molar-refractivity contribution in [3.63, 3.8) is 0 Å². The van der Waals surface area contributed by atoms with Crippen LogP contribution in [0.3, 0.4) is 0 Å². The van der Waals surface area contributed by atoms with Gasteiger partial charge in [-0.15, -0.1) is 6.58 Å². The van der Waals surface area contributed by atoms with Crippen LogP contribution in [0, 0.1) is 5.92 Å². The number of benzene rings is 1. The number of rotatable bonds is 4. The van der Waals surface area contributed by atoms with Crippen molar-refractivity contribution in [2.45, 2.75) is 57.3 Å². The first kappa shape index (κ1) is 15.5. The van der Waals surface area contributed by atoms with E-state index in [2.05, 4.69) is 38.4 Å².